The maximum Gasteiger partial charge on any atom is 0.306 e. The molecule has 0 aliphatic rings. The third-order valence-electron chi connectivity index (χ3n) is 12.9. The van der Waals surface area contributed by atoms with Gasteiger partial charge < -0.3 is 14.2 Å². The number of carbonyl (C=O) groups excluding carboxylic acids is 3. The fourth-order valence-electron chi connectivity index (χ4n) is 8.43. The summed E-state index contributed by atoms with van der Waals surface area (Å²) in [6.45, 7) is 6.51. The van der Waals surface area contributed by atoms with Crippen LogP contribution in [0.4, 0.5) is 0 Å². The average molecular weight is 990 g/mol. The molecule has 0 saturated heterocycles. The van der Waals surface area contributed by atoms with Crippen LogP contribution in [0.25, 0.3) is 0 Å². The molecular formula is C65H112O6. The first-order valence-electron chi connectivity index (χ1n) is 30.1. The van der Waals surface area contributed by atoms with Crippen molar-refractivity contribution in [1.82, 2.24) is 0 Å². The lowest BCUT2D eigenvalue weighted by Gasteiger charge is -2.18. The molecule has 0 N–H and O–H groups in total. The summed E-state index contributed by atoms with van der Waals surface area (Å²) >= 11 is 0. The van der Waals surface area contributed by atoms with Crippen molar-refractivity contribution >= 4 is 17.9 Å². The predicted octanol–water partition coefficient (Wildman–Crippen LogP) is 20.3. The molecule has 0 aromatic carbocycles. The van der Waals surface area contributed by atoms with Crippen LogP contribution in [0.15, 0.2) is 85.1 Å². The molecule has 71 heavy (non-hydrogen) atoms. The molecule has 0 saturated carbocycles. The Bertz CT molecular complexity index is 1370. The number of ether oxygens (including phenoxy) is 3. The molecule has 0 radical (unpaired) electrons. The van der Waals surface area contributed by atoms with Gasteiger partial charge in [0.25, 0.3) is 0 Å². The smallest absolute Gasteiger partial charge is 0.306 e. The summed E-state index contributed by atoms with van der Waals surface area (Å²) in [6.07, 6.45) is 77.2. The van der Waals surface area contributed by atoms with Gasteiger partial charge in [-0.1, -0.05) is 286 Å². The standard InChI is InChI=1S/C65H112O6/c1-4-7-10-13-16-19-22-25-27-29-30-31-32-33-34-36-37-40-43-46-49-52-55-58-64(67)70-61-62(60-69-63(66)57-54-51-48-45-42-39-24-21-18-15-12-9-6-3)71-65(68)59-56-53-50-47-44-41-38-35-28-26-23-20-17-14-11-8-5-2/h7,10,16,19,25,27,30-31,33-34,37,40,46,49,62H,4-6,8-9,11-15,17-18,20-24,26,28-29,32,35-36,38-39,41-45,47-48,50-61H2,1-3H3/b10-7-,19-16-,27-25-,31-30-,34-33-,40-37-,49-46-. The van der Waals surface area contributed by atoms with Crippen molar-refractivity contribution in [2.24, 2.45) is 0 Å². The van der Waals surface area contributed by atoms with Crippen molar-refractivity contribution in [2.75, 3.05) is 13.2 Å². The maximum absolute atomic E-state index is 12.9. The van der Waals surface area contributed by atoms with Crippen molar-refractivity contribution in [3.05, 3.63) is 85.1 Å². The Morgan fingerprint density at radius 1 is 0.296 bits per heavy atom. The molecule has 0 fully saturated rings. The van der Waals surface area contributed by atoms with Gasteiger partial charge in [-0.2, -0.15) is 0 Å². The molecule has 408 valence electrons. The highest BCUT2D eigenvalue weighted by molar-refractivity contribution is 5.71. The van der Waals surface area contributed by atoms with Gasteiger partial charge in [-0.05, 0) is 70.6 Å². The number of unbranched alkanes of at least 4 members (excludes halogenated alkanes) is 29. The van der Waals surface area contributed by atoms with Crippen LogP contribution in [-0.4, -0.2) is 37.2 Å². The lowest BCUT2D eigenvalue weighted by atomic mass is 10.0. The zero-order valence-corrected chi connectivity index (χ0v) is 46.7. The summed E-state index contributed by atoms with van der Waals surface area (Å²) in [5, 5.41) is 0. The van der Waals surface area contributed by atoms with Gasteiger partial charge in [-0.15, -0.1) is 0 Å². The predicted molar refractivity (Wildman–Crippen MR) is 307 cm³/mol. The fourth-order valence-corrected chi connectivity index (χ4v) is 8.43. The van der Waals surface area contributed by atoms with Crippen molar-refractivity contribution in [1.29, 1.82) is 0 Å². The van der Waals surface area contributed by atoms with Gasteiger partial charge in [0.2, 0.25) is 0 Å². The number of allylic oxidation sites excluding steroid dienone is 14. The largest absolute Gasteiger partial charge is 0.462 e. The first kappa shape index (κ1) is 67.6. The van der Waals surface area contributed by atoms with E-state index >= 15 is 0 Å². The second kappa shape index (κ2) is 59.2. The van der Waals surface area contributed by atoms with E-state index in [1.165, 1.54) is 154 Å². The highest BCUT2D eigenvalue weighted by Gasteiger charge is 2.19. The van der Waals surface area contributed by atoms with E-state index in [9.17, 15) is 14.4 Å². The Kier molecular flexibility index (Phi) is 56.3. The number of esters is 3. The van der Waals surface area contributed by atoms with E-state index in [1.807, 2.05) is 0 Å². The van der Waals surface area contributed by atoms with Crippen LogP contribution in [0.5, 0.6) is 0 Å². The minimum atomic E-state index is -0.797. The molecule has 1 atom stereocenters. The van der Waals surface area contributed by atoms with Crippen molar-refractivity contribution in [2.45, 2.75) is 297 Å². The van der Waals surface area contributed by atoms with Crippen LogP contribution in [0.1, 0.15) is 290 Å². The van der Waals surface area contributed by atoms with Crippen LogP contribution in [0, 0.1) is 0 Å². The van der Waals surface area contributed by atoms with Crippen LogP contribution in [0.3, 0.4) is 0 Å². The maximum atomic E-state index is 12.9. The Morgan fingerprint density at radius 2 is 0.549 bits per heavy atom. The van der Waals surface area contributed by atoms with E-state index in [0.29, 0.717) is 19.3 Å². The first-order valence-corrected chi connectivity index (χ1v) is 30.1. The van der Waals surface area contributed by atoms with Gasteiger partial charge >= 0.3 is 17.9 Å². The Labute approximate surface area is 439 Å². The third-order valence-corrected chi connectivity index (χ3v) is 12.9. The molecule has 6 heteroatoms. The van der Waals surface area contributed by atoms with Crippen molar-refractivity contribution in [3.63, 3.8) is 0 Å². The van der Waals surface area contributed by atoms with Crippen LogP contribution >= 0.6 is 0 Å². The number of rotatable bonds is 54. The van der Waals surface area contributed by atoms with Gasteiger partial charge in [0.15, 0.2) is 6.10 Å². The lowest BCUT2D eigenvalue weighted by molar-refractivity contribution is -0.167. The average Bonchev–Trinajstić information content (AvgIpc) is 3.37. The molecule has 0 aliphatic heterocycles. The molecule has 0 spiro atoms. The summed E-state index contributed by atoms with van der Waals surface area (Å²) in [7, 11) is 0. The summed E-state index contributed by atoms with van der Waals surface area (Å²) in [6, 6.07) is 0. The molecule has 0 aromatic heterocycles. The third kappa shape index (κ3) is 57.4. The second-order valence-electron chi connectivity index (χ2n) is 19.9. The highest BCUT2D eigenvalue weighted by atomic mass is 16.6. The molecule has 0 aromatic rings. The fraction of sp³-hybridized carbons (Fsp3) is 0.738. The molecule has 0 bridgehead atoms. The minimum absolute atomic E-state index is 0.0906. The summed E-state index contributed by atoms with van der Waals surface area (Å²) in [5.41, 5.74) is 0. The molecule has 0 amide bonds. The molecule has 0 rings (SSSR count). The van der Waals surface area contributed by atoms with E-state index in [1.54, 1.807) is 0 Å². The van der Waals surface area contributed by atoms with Crippen LogP contribution < -0.4 is 0 Å². The lowest BCUT2D eigenvalue weighted by Crippen LogP contribution is -2.30. The van der Waals surface area contributed by atoms with Crippen molar-refractivity contribution in [3.8, 4) is 0 Å². The topological polar surface area (TPSA) is 78.9 Å². The first-order chi connectivity index (χ1) is 35.0. The quantitative estimate of drug-likeness (QED) is 0.0261. The number of carbonyl (C=O) groups is 3. The molecule has 6 nitrogen and oxygen atoms in total. The summed E-state index contributed by atoms with van der Waals surface area (Å²) in [5.74, 6) is -0.941. The number of hydrogen-bond donors (Lipinski definition) is 0. The summed E-state index contributed by atoms with van der Waals surface area (Å²) in [4.78, 5) is 38.2. The Morgan fingerprint density at radius 3 is 0.859 bits per heavy atom. The minimum Gasteiger partial charge on any atom is -0.462 e. The molecule has 1 unspecified atom stereocenters. The normalized spacial score (nSPS) is 12.7. The molecule has 0 heterocycles. The van der Waals surface area contributed by atoms with E-state index in [4.69, 9.17) is 14.2 Å². The SMILES string of the molecule is CC/C=C\C/C=C\C/C=C\C/C=C\C/C=C\C/C=C\C/C=C\CCCC(=O)OCC(COC(=O)CCCCCCCCCCCCCCC)OC(=O)CCCCCCCCCCCCCCCCCCC. The second-order valence-corrected chi connectivity index (χ2v) is 19.9. The molecule has 0 aliphatic carbocycles. The van der Waals surface area contributed by atoms with Gasteiger partial charge in [0.1, 0.15) is 13.2 Å². The Balaban J connectivity index is 4.43. The monoisotopic (exact) mass is 989 g/mol. The molecular weight excluding hydrogens is 877 g/mol. The Hall–Kier alpha value is -3.41. The van der Waals surface area contributed by atoms with E-state index < -0.39 is 6.10 Å². The van der Waals surface area contributed by atoms with E-state index in [2.05, 4.69) is 106 Å². The van der Waals surface area contributed by atoms with Crippen LogP contribution in [0.2, 0.25) is 0 Å². The van der Waals surface area contributed by atoms with Gasteiger partial charge in [0.05, 0.1) is 0 Å². The zero-order valence-electron chi connectivity index (χ0n) is 46.7. The number of hydrogen-bond acceptors (Lipinski definition) is 6. The highest BCUT2D eigenvalue weighted by Crippen LogP contribution is 2.16. The zero-order chi connectivity index (χ0) is 51.4. The van der Waals surface area contributed by atoms with Gasteiger partial charge in [-0.3, -0.25) is 14.4 Å². The van der Waals surface area contributed by atoms with Crippen molar-refractivity contribution < 1.29 is 28.6 Å². The van der Waals surface area contributed by atoms with E-state index in [0.717, 1.165) is 89.9 Å². The van der Waals surface area contributed by atoms with Gasteiger partial charge in [0, 0.05) is 19.3 Å². The van der Waals surface area contributed by atoms with Gasteiger partial charge in [-0.25, -0.2) is 0 Å². The van der Waals surface area contributed by atoms with E-state index in [-0.39, 0.29) is 37.5 Å². The summed E-state index contributed by atoms with van der Waals surface area (Å²) < 4.78 is 16.8. The van der Waals surface area contributed by atoms with Crippen LogP contribution in [-0.2, 0) is 28.6 Å².